The fourth-order valence-electron chi connectivity index (χ4n) is 6.56. The highest BCUT2D eigenvalue weighted by Gasteiger charge is 2.50. The number of carboxylic acids is 1. The van der Waals surface area contributed by atoms with Crippen LogP contribution in [-0.4, -0.2) is 73.3 Å². The van der Waals surface area contributed by atoms with Gasteiger partial charge in [-0.25, -0.2) is 13.2 Å². The van der Waals surface area contributed by atoms with Crippen LogP contribution in [0.2, 0.25) is 6.32 Å². The molecule has 0 radical (unpaired) electrons. The lowest BCUT2D eigenvalue weighted by Crippen LogP contribution is -2.42. The molecule has 292 valence electrons. The van der Waals surface area contributed by atoms with Crippen molar-refractivity contribution in [2.45, 2.75) is 89.5 Å². The van der Waals surface area contributed by atoms with E-state index < -0.39 is 45.6 Å². The molecule has 1 fully saturated rings. The number of carbonyl (C=O) groups is 1. The van der Waals surface area contributed by atoms with Gasteiger partial charge in [-0.15, -0.1) is 0 Å². The molecule has 1 aliphatic heterocycles. The van der Waals surface area contributed by atoms with Crippen LogP contribution in [0.15, 0.2) is 114 Å². The zero-order valence-electron chi connectivity index (χ0n) is 32.7. The molecule has 1 N–H and O–H groups in total. The molecule has 4 aromatic rings. The molecule has 0 bridgehead atoms. The zero-order valence-corrected chi connectivity index (χ0v) is 33.6. The standard InChI is InChI=1S/C43H53BN2O8S/c1-41(2)42(3,4)54-44(53-41)29-14-13-27-43(40(47)48,45-39(35-15-9-7-10-16-35)36-17-11-8-12-18-36)28-30-55(49,50)46(31-33-19-23-37(51-5)24-20-33)32-34-21-25-38(52-6)26-22-34/h7-12,15-26H,13-14,27-32H2,1-6H3,(H,47,48). The highest BCUT2D eigenvalue weighted by atomic mass is 32.2. The number of nitrogens with zero attached hydrogens (tertiary/aromatic N) is 2. The van der Waals surface area contributed by atoms with Gasteiger partial charge in [0.1, 0.15) is 11.5 Å². The second-order valence-electron chi connectivity index (χ2n) is 15.0. The van der Waals surface area contributed by atoms with E-state index in [2.05, 4.69) is 0 Å². The molecule has 1 heterocycles. The maximum absolute atomic E-state index is 14.5. The molecular weight excluding hydrogens is 715 g/mol. The third-order valence-electron chi connectivity index (χ3n) is 10.6. The van der Waals surface area contributed by atoms with Crippen LogP contribution in [0, 0.1) is 0 Å². The highest BCUT2D eigenvalue weighted by Crippen LogP contribution is 2.38. The number of hydrogen-bond acceptors (Lipinski definition) is 8. The normalized spacial score (nSPS) is 16.0. The van der Waals surface area contributed by atoms with Crippen LogP contribution in [0.1, 0.15) is 75.6 Å². The Balaban J connectivity index is 1.48. The Hall–Kier alpha value is -4.49. The molecule has 4 aromatic carbocycles. The number of aliphatic carboxylic acids is 1. The van der Waals surface area contributed by atoms with E-state index in [0.29, 0.717) is 36.4 Å². The van der Waals surface area contributed by atoms with Crippen LogP contribution >= 0.6 is 0 Å². The Kier molecular flexibility index (Phi) is 13.6. The van der Waals surface area contributed by atoms with Crippen molar-refractivity contribution in [3.05, 3.63) is 131 Å². The van der Waals surface area contributed by atoms with E-state index in [-0.39, 0.29) is 25.9 Å². The predicted molar refractivity (Wildman–Crippen MR) is 217 cm³/mol. The predicted octanol–water partition coefficient (Wildman–Crippen LogP) is 8.05. The van der Waals surface area contributed by atoms with Crippen molar-refractivity contribution in [1.82, 2.24) is 4.31 Å². The van der Waals surface area contributed by atoms with Crippen molar-refractivity contribution in [1.29, 1.82) is 0 Å². The molecule has 10 nitrogen and oxygen atoms in total. The monoisotopic (exact) mass is 768 g/mol. The largest absolute Gasteiger partial charge is 0.497 e. The molecule has 0 saturated carbocycles. The molecule has 5 rings (SSSR count). The fraction of sp³-hybridized carbons (Fsp3) is 0.395. The first-order valence-electron chi connectivity index (χ1n) is 18.7. The van der Waals surface area contributed by atoms with Gasteiger partial charge in [-0.1, -0.05) is 97.8 Å². The quantitative estimate of drug-likeness (QED) is 0.0578. The van der Waals surface area contributed by atoms with E-state index >= 15 is 0 Å². The van der Waals surface area contributed by atoms with Gasteiger partial charge in [0, 0.05) is 24.2 Å². The number of sulfonamides is 1. The van der Waals surface area contributed by atoms with Crippen molar-refractivity contribution in [3.63, 3.8) is 0 Å². The maximum atomic E-state index is 14.5. The average molecular weight is 769 g/mol. The van der Waals surface area contributed by atoms with Gasteiger partial charge in [-0.05, 0) is 82.2 Å². The van der Waals surface area contributed by atoms with Crippen molar-refractivity contribution in [2.24, 2.45) is 4.99 Å². The van der Waals surface area contributed by atoms with Crippen LogP contribution in [-0.2, 0) is 37.2 Å². The van der Waals surface area contributed by atoms with E-state index in [1.165, 1.54) is 4.31 Å². The number of ether oxygens (including phenoxy) is 2. The van der Waals surface area contributed by atoms with Crippen molar-refractivity contribution < 1.29 is 37.1 Å². The first kappa shape index (κ1) is 41.7. The molecule has 55 heavy (non-hydrogen) atoms. The summed E-state index contributed by atoms with van der Waals surface area (Å²) in [4.78, 5) is 18.7. The number of methoxy groups -OCH3 is 2. The summed E-state index contributed by atoms with van der Waals surface area (Å²) in [7, 11) is -1.33. The lowest BCUT2D eigenvalue weighted by atomic mass is 9.80. The Labute approximate surface area is 326 Å². The topological polar surface area (TPSA) is 124 Å². The Morgan fingerprint density at radius 2 is 1.18 bits per heavy atom. The lowest BCUT2D eigenvalue weighted by molar-refractivity contribution is -0.143. The van der Waals surface area contributed by atoms with Crippen LogP contribution in [0.25, 0.3) is 0 Å². The SMILES string of the molecule is COc1ccc(CN(Cc2ccc(OC)cc2)S(=O)(=O)CCC(CCCCB2OC(C)(C)C(C)(C)O2)(N=C(c2ccccc2)c2ccccc2)C(=O)O)cc1. The minimum atomic E-state index is -4.05. The first-order chi connectivity index (χ1) is 26.2. The van der Waals surface area contributed by atoms with Crippen LogP contribution < -0.4 is 9.47 Å². The molecular formula is C43H53BN2O8S. The third kappa shape index (κ3) is 10.6. The summed E-state index contributed by atoms with van der Waals surface area (Å²) in [5.74, 6) is -0.310. The molecule has 1 aliphatic rings. The van der Waals surface area contributed by atoms with E-state index in [4.69, 9.17) is 23.8 Å². The molecule has 0 aromatic heterocycles. The molecule has 12 heteroatoms. The Bertz CT molecular complexity index is 1880. The van der Waals surface area contributed by atoms with Crippen LogP contribution in [0.3, 0.4) is 0 Å². The smallest absolute Gasteiger partial charge is 0.457 e. The first-order valence-corrected chi connectivity index (χ1v) is 20.3. The molecule has 1 atom stereocenters. The fourth-order valence-corrected chi connectivity index (χ4v) is 8.11. The van der Waals surface area contributed by atoms with Crippen LogP contribution in [0.4, 0.5) is 0 Å². The number of carboxylic acid groups (broad SMARTS) is 1. The Morgan fingerprint density at radius 3 is 1.60 bits per heavy atom. The summed E-state index contributed by atoms with van der Waals surface area (Å²) in [5.41, 5.74) is 0.753. The van der Waals surface area contributed by atoms with Gasteiger partial charge in [0.15, 0.2) is 5.54 Å². The molecule has 0 aliphatic carbocycles. The number of rotatable bonds is 19. The second kappa shape index (κ2) is 18.0. The van der Waals surface area contributed by atoms with Gasteiger partial charge < -0.3 is 23.9 Å². The second-order valence-corrected chi connectivity index (χ2v) is 17.1. The van der Waals surface area contributed by atoms with Gasteiger partial charge in [0.25, 0.3) is 0 Å². The van der Waals surface area contributed by atoms with Gasteiger partial charge in [0.2, 0.25) is 10.0 Å². The summed E-state index contributed by atoms with van der Waals surface area (Å²) in [6.45, 7) is 8.15. The average Bonchev–Trinajstić information content (AvgIpc) is 3.39. The summed E-state index contributed by atoms with van der Waals surface area (Å²) < 4.78 is 53.5. The van der Waals surface area contributed by atoms with Gasteiger partial charge in [-0.2, -0.15) is 4.31 Å². The number of benzene rings is 4. The van der Waals surface area contributed by atoms with Crippen molar-refractivity contribution in [2.75, 3.05) is 20.0 Å². The molecule has 0 amide bonds. The minimum absolute atomic E-state index is 0.0784. The van der Waals surface area contributed by atoms with Crippen molar-refractivity contribution >= 4 is 28.8 Å². The van der Waals surface area contributed by atoms with Crippen molar-refractivity contribution in [3.8, 4) is 11.5 Å². The Morgan fingerprint density at radius 1 is 0.727 bits per heavy atom. The minimum Gasteiger partial charge on any atom is -0.497 e. The zero-order chi connectivity index (χ0) is 39.7. The summed E-state index contributed by atoms with van der Waals surface area (Å²) in [6, 6.07) is 33.3. The van der Waals surface area contributed by atoms with E-state index in [0.717, 1.165) is 22.3 Å². The number of aliphatic imine (C=N–C) groups is 1. The molecule has 1 saturated heterocycles. The van der Waals surface area contributed by atoms with E-state index in [1.54, 1.807) is 38.5 Å². The molecule has 1 unspecified atom stereocenters. The number of unbranched alkanes of at least 4 members (excludes halogenated alkanes) is 1. The van der Waals surface area contributed by atoms with Gasteiger partial charge >= 0.3 is 13.1 Å². The number of hydrogen-bond donors (Lipinski definition) is 1. The summed E-state index contributed by atoms with van der Waals surface area (Å²) >= 11 is 0. The van der Waals surface area contributed by atoms with E-state index in [9.17, 15) is 18.3 Å². The lowest BCUT2D eigenvalue weighted by Gasteiger charge is -2.32. The third-order valence-corrected chi connectivity index (χ3v) is 12.4. The summed E-state index contributed by atoms with van der Waals surface area (Å²) in [5, 5.41) is 11.1. The maximum Gasteiger partial charge on any atom is 0.457 e. The van der Waals surface area contributed by atoms with Gasteiger partial charge in [-0.3, -0.25) is 4.99 Å². The van der Waals surface area contributed by atoms with Gasteiger partial charge in [0.05, 0.1) is 36.9 Å². The highest BCUT2D eigenvalue weighted by molar-refractivity contribution is 7.89. The summed E-state index contributed by atoms with van der Waals surface area (Å²) in [6.07, 6.45) is 1.48. The van der Waals surface area contributed by atoms with E-state index in [1.807, 2.05) is 113 Å². The van der Waals surface area contributed by atoms with Crippen LogP contribution in [0.5, 0.6) is 11.5 Å². The molecule has 0 spiro atoms.